The van der Waals surface area contributed by atoms with Crippen molar-refractivity contribution in [1.82, 2.24) is 10.2 Å². The van der Waals surface area contributed by atoms with Crippen molar-refractivity contribution < 1.29 is 19.5 Å². The summed E-state index contributed by atoms with van der Waals surface area (Å²) in [6.45, 7) is 6.67. The van der Waals surface area contributed by atoms with Crippen molar-refractivity contribution in [3.8, 4) is 0 Å². The third-order valence-electron chi connectivity index (χ3n) is 4.39. The maximum absolute atomic E-state index is 12.4. The lowest BCUT2D eigenvalue weighted by Gasteiger charge is -2.35. The fourth-order valence-electron chi connectivity index (χ4n) is 3.13. The van der Waals surface area contributed by atoms with Crippen LogP contribution in [0.25, 0.3) is 0 Å². The number of carbonyl (C=O) groups excluding carboxylic acids is 2. The minimum Gasteiger partial charge on any atom is -0.481 e. The highest BCUT2D eigenvalue weighted by molar-refractivity contribution is 5.88. The normalized spacial score (nSPS) is 28.1. The second-order valence-electron chi connectivity index (χ2n) is 7.69. The first-order chi connectivity index (χ1) is 10.2. The van der Waals surface area contributed by atoms with Crippen molar-refractivity contribution in [2.24, 2.45) is 11.3 Å². The molecule has 1 unspecified atom stereocenters. The maximum atomic E-state index is 12.4. The predicted molar refractivity (Wildman–Crippen MR) is 81.1 cm³/mol. The van der Waals surface area contributed by atoms with Gasteiger partial charge in [-0.15, -0.1) is 0 Å². The summed E-state index contributed by atoms with van der Waals surface area (Å²) in [4.78, 5) is 37.2. The molecule has 1 saturated carbocycles. The summed E-state index contributed by atoms with van der Waals surface area (Å²) in [6, 6.07) is -0.451. The van der Waals surface area contributed by atoms with Crippen LogP contribution in [-0.4, -0.2) is 46.4 Å². The number of nitrogens with zero attached hydrogens (tertiary/aromatic N) is 1. The summed E-state index contributed by atoms with van der Waals surface area (Å²) in [5.74, 6) is -1.24. The SMILES string of the molecule is CC(C)(C)CC(=O)N1CCCC1C(=O)NC1CC(C(=O)O)C1. The number of likely N-dealkylation sites (tertiary alicyclic amines) is 1. The summed E-state index contributed by atoms with van der Waals surface area (Å²) < 4.78 is 0. The van der Waals surface area contributed by atoms with E-state index in [0.717, 1.165) is 6.42 Å². The van der Waals surface area contributed by atoms with Gasteiger partial charge in [0.15, 0.2) is 0 Å². The zero-order chi connectivity index (χ0) is 16.5. The van der Waals surface area contributed by atoms with Crippen LogP contribution in [0.3, 0.4) is 0 Å². The van der Waals surface area contributed by atoms with E-state index in [0.29, 0.717) is 32.2 Å². The topological polar surface area (TPSA) is 86.7 Å². The van der Waals surface area contributed by atoms with Crippen molar-refractivity contribution in [3.63, 3.8) is 0 Å². The van der Waals surface area contributed by atoms with Gasteiger partial charge in [-0.1, -0.05) is 20.8 Å². The van der Waals surface area contributed by atoms with Gasteiger partial charge in [-0.2, -0.15) is 0 Å². The van der Waals surface area contributed by atoms with Gasteiger partial charge in [-0.3, -0.25) is 14.4 Å². The Kier molecular flexibility index (Phi) is 4.78. The minimum atomic E-state index is -0.798. The third kappa shape index (κ3) is 3.99. The van der Waals surface area contributed by atoms with Crippen molar-refractivity contribution in [1.29, 1.82) is 0 Å². The molecule has 0 radical (unpaired) electrons. The van der Waals surface area contributed by atoms with Gasteiger partial charge in [-0.25, -0.2) is 0 Å². The second kappa shape index (κ2) is 6.26. The molecule has 6 nitrogen and oxygen atoms in total. The second-order valence-corrected chi connectivity index (χ2v) is 7.69. The number of hydrogen-bond acceptors (Lipinski definition) is 3. The molecule has 1 heterocycles. The van der Waals surface area contributed by atoms with E-state index in [1.807, 2.05) is 20.8 Å². The fraction of sp³-hybridized carbons (Fsp3) is 0.812. The van der Waals surface area contributed by atoms with Crippen molar-refractivity contribution in [2.75, 3.05) is 6.54 Å². The van der Waals surface area contributed by atoms with E-state index in [9.17, 15) is 14.4 Å². The van der Waals surface area contributed by atoms with Gasteiger partial charge >= 0.3 is 5.97 Å². The van der Waals surface area contributed by atoms with E-state index < -0.39 is 12.0 Å². The smallest absolute Gasteiger partial charge is 0.306 e. The zero-order valence-electron chi connectivity index (χ0n) is 13.6. The van der Waals surface area contributed by atoms with E-state index in [4.69, 9.17) is 5.11 Å². The van der Waals surface area contributed by atoms with Crippen molar-refractivity contribution in [3.05, 3.63) is 0 Å². The van der Waals surface area contributed by atoms with Crippen LogP contribution in [0.5, 0.6) is 0 Å². The van der Waals surface area contributed by atoms with Crippen LogP contribution in [0.2, 0.25) is 0 Å². The molecular formula is C16H26N2O4. The van der Waals surface area contributed by atoms with Crippen LogP contribution in [0.4, 0.5) is 0 Å². The molecule has 0 aromatic carbocycles. The summed E-state index contributed by atoms with van der Waals surface area (Å²) in [5, 5.41) is 11.7. The molecule has 0 spiro atoms. The van der Waals surface area contributed by atoms with Gasteiger partial charge in [0.05, 0.1) is 5.92 Å². The van der Waals surface area contributed by atoms with E-state index in [2.05, 4.69) is 5.32 Å². The summed E-state index contributed by atoms with van der Waals surface area (Å²) in [7, 11) is 0. The number of amides is 2. The van der Waals surface area contributed by atoms with Gasteiger partial charge in [0.2, 0.25) is 11.8 Å². The Morgan fingerprint density at radius 2 is 1.86 bits per heavy atom. The van der Waals surface area contributed by atoms with Crippen LogP contribution in [0, 0.1) is 11.3 Å². The Morgan fingerprint density at radius 1 is 1.23 bits per heavy atom. The molecule has 1 aliphatic heterocycles. The Hall–Kier alpha value is -1.59. The average molecular weight is 310 g/mol. The van der Waals surface area contributed by atoms with Crippen LogP contribution in [0.15, 0.2) is 0 Å². The largest absolute Gasteiger partial charge is 0.481 e. The monoisotopic (exact) mass is 310 g/mol. The van der Waals surface area contributed by atoms with Gasteiger partial charge < -0.3 is 15.3 Å². The number of carbonyl (C=O) groups is 3. The first-order valence-electron chi connectivity index (χ1n) is 8.00. The van der Waals surface area contributed by atoms with Crippen molar-refractivity contribution in [2.45, 2.75) is 65.0 Å². The van der Waals surface area contributed by atoms with Gasteiger partial charge in [0, 0.05) is 19.0 Å². The van der Waals surface area contributed by atoms with Crippen LogP contribution in [-0.2, 0) is 14.4 Å². The van der Waals surface area contributed by atoms with Crippen LogP contribution < -0.4 is 5.32 Å². The maximum Gasteiger partial charge on any atom is 0.306 e. The number of nitrogens with one attached hydrogen (secondary N) is 1. The molecule has 0 aromatic heterocycles. The summed E-state index contributed by atoms with van der Waals surface area (Å²) >= 11 is 0. The lowest BCUT2D eigenvalue weighted by Crippen LogP contribution is -2.53. The molecule has 1 aliphatic carbocycles. The molecule has 1 atom stereocenters. The van der Waals surface area contributed by atoms with E-state index in [-0.39, 0.29) is 29.2 Å². The van der Waals surface area contributed by atoms with Crippen LogP contribution in [0.1, 0.15) is 52.9 Å². The van der Waals surface area contributed by atoms with E-state index >= 15 is 0 Å². The Balaban J connectivity index is 1.86. The highest BCUT2D eigenvalue weighted by Crippen LogP contribution is 2.29. The summed E-state index contributed by atoms with van der Waals surface area (Å²) in [6.07, 6.45) is 2.95. The molecule has 6 heteroatoms. The van der Waals surface area contributed by atoms with Crippen LogP contribution >= 0.6 is 0 Å². The van der Waals surface area contributed by atoms with Crippen molar-refractivity contribution >= 4 is 17.8 Å². The predicted octanol–water partition coefficient (Wildman–Crippen LogP) is 1.39. The molecule has 22 heavy (non-hydrogen) atoms. The van der Waals surface area contributed by atoms with Gasteiger partial charge in [-0.05, 0) is 31.1 Å². The number of carboxylic acids is 1. The molecule has 0 aromatic rings. The number of aliphatic carboxylic acids is 1. The molecule has 0 bridgehead atoms. The van der Waals surface area contributed by atoms with Gasteiger partial charge in [0.25, 0.3) is 0 Å². The first kappa shape index (κ1) is 16.8. The molecule has 2 fully saturated rings. The lowest BCUT2D eigenvalue weighted by atomic mass is 9.80. The minimum absolute atomic E-state index is 0.0298. The quantitative estimate of drug-likeness (QED) is 0.821. The van der Waals surface area contributed by atoms with E-state index in [1.165, 1.54) is 0 Å². The molecule has 2 rings (SSSR count). The number of hydrogen-bond donors (Lipinski definition) is 2. The molecule has 124 valence electrons. The van der Waals surface area contributed by atoms with Gasteiger partial charge in [0.1, 0.15) is 6.04 Å². The summed E-state index contributed by atoms with van der Waals surface area (Å²) in [5.41, 5.74) is -0.0939. The van der Waals surface area contributed by atoms with E-state index in [1.54, 1.807) is 4.90 Å². The zero-order valence-corrected chi connectivity index (χ0v) is 13.6. The first-order valence-corrected chi connectivity index (χ1v) is 8.00. The molecule has 1 saturated heterocycles. The number of rotatable bonds is 4. The lowest BCUT2D eigenvalue weighted by molar-refractivity contribution is -0.146. The highest BCUT2D eigenvalue weighted by Gasteiger charge is 2.39. The third-order valence-corrected chi connectivity index (χ3v) is 4.39. The Bertz CT molecular complexity index is 463. The highest BCUT2D eigenvalue weighted by atomic mass is 16.4. The Labute approximate surface area is 131 Å². The molecule has 2 amide bonds. The molecule has 2 aliphatic rings. The molecular weight excluding hydrogens is 284 g/mol. The number of carboxylic acid groups (broad SMARTS) is 1. The standard InChI is InChI=1S/C16H26N2O4/c1-16(2,3)9-13(19)18-6-4-5-12(18)14(20)17-11-7-10(8-11)15(21)22/h10-12H,4-9H2,1-3H3,(H,17,20)(H,21,22). The average Bonchev–Trinajstić information content (AvgIpc) is 2.79. The Morgan fingerprint density at radius 3 is 2.41 bits per heavy atom. The fourth-order valence-corrected chi connectivity index (χ4v) is 3.13. The molecule has 2 N–H and O–H groups in total.